The molecule has 1 fully saturated rings. The summed E-state index contributed by atoms with van der Waals surface area (Å²) in [6, 6.07) is 10.1. The summed E-state index contributed by atoms with van der Waals surface area (Å²) in [7, 11) is -3.55. The lowest BCUT2D eigenvalue weighted by Gasteiger charge is -2.31. The molecule has 0 saturated carbocycles. The van der Waals surface area contributed by atoms with Crippen LogP contribution in [0.15, 0.2) is 41.3 Å². The molecule has 1 atom stereocenters. The average molecular weight is 469 g/mol. The van der Waals surface area contributed by atoms with Gasteiger partial charge in [0.25, 0.3) is 0 Å². The number of nitrogens with one attached hydrogen (secondary N) is 1. The molecule has 1 heterocycles. The van der Waals surface area contributed by atoms with Gasteiger partial charge in [-0.3, -0.25) is 4.79 Å². The van der Waals surface area contributed by atoms with Crippen molar-refractivity contribution in [3.05, 3.63) is 63.1 Å². The minimum atomic E-state index is -3.55. The number of nitrogens with zero attached hydrogens (tertiary/aromatic N) is 1. The fraction of sp³-hybridized carbons (Fsp3) is 0.409. The molecule has 30 heavy (non-hydrogen) atoms. The van der Waals surface area contributed by atoms with Gasteiger partial charge in [0.1, 0.15) is 0 Å². The maximum Gasteiger partial charge on any atom is 0.243 e. The summed E-state index contributed by atoms with van der Waals surface area (Å²) in [5.41, 5.74) is 2.79. The van der Waals surface area contributed by atoms with Crippen molar-refractivity contribution < 1.29 is 13.2 Å². The Labute approximate surface area is 188 Å². The lowest BCUT2D eigenvalue weighted by atomic mass is 9.96. The van der Waals surface area contributed by atoms with E-state index >= 15 is 0 Å². The summed E-state index contributed by atoms with van der Waals surface area (Å²) in [6.45, 7) is 6.37. The van der Waals surface area contributed by atoms with Crippen molar-refractivity contribution in [3.63, 3.8) is 0 Å². The van der Waals surface area contributed by atoms with Gasteiger partial charge in [-0.05, 0) is 74.6 Å². The molecule has 0 radical (unpaired) electrons. The highest BCUT2D eigenvalue weighted by Gasteiger charge is 2.32. The Morgan fingerprint density at radius 3 is 2.33 bits per heavy atom. The van der Waals surface area contributed by atoms with E-state index in [0.717, 1.165) is 16.7 Å². The summed E-state index contributed by atoms with van der Waals surface area (Å²) in [6.07, 6.45) is 0.966. The van der Waals surface area contributed by atoms with Gasteiger partial charge in [0.2, 0.25) is 15.9 Å². The highest BCUT2D eigenvalue weighted by molar-refractivity contribution is 7.89. The smallest absolute Gasteiger partial charge is 0.243 e. The number of aryl methyl sites for hydroxylation is 2. The maximum absolute atomic E-state index is 13.0. The second kappa shape index (κ2) is 9.27. The van der Waals surface area contributed by atoms with Crippen LogP contribution in [0.25, 0.3) is 0 Å². The Morgan fingerprint density at radius 1 is 1.07 bits per heavy atom. The van der Waals surface area contributed by atoms with Gasteiger partial charge < -0.3 is 5.32 Å². The Kier molecular flexibility index (Phi) is 7.13. The second-order valence-corrected chi connectivity index (χ2v) is 10.6. The highest BCUT2D eigenvalue weighted by Crippen LogP contribution is 2.28. The summed E-state index contributed by atoms with van der Waals surface area (Å²) in [5.74, 6) is -0.318. The predicted octanol–water partition coefficient (Wildman–Crippen LogP) is 4.89. The van der Waals surface area contributed by atoms with Crippen molar-refractivity contribution in [2.24, 2.45) is 5.92 Å². The molecule has 8 heteroatoms. The molecule has 0 spiro atoms. The molecule has 3 rings (SSSR count). The third kappa shape index (κ3) is 4.99. The fourth-order valence-corrected chi connectivity index (χ4v) is 5.77. The third-order valence-corrected chi connectivity index (χ3v) is 8.19. The van der Waals surface area contributed by atoms with Crippen molar-refractivity contribution in [1.29, 1.82) is 0 Å². The summed E-state index contributed by atoms with van der Waals surface area (Å²) >= 11 is 12.2. The largest absolute Gasteiger partial charge is 0.349 e. The van der Waals surface area contributed by atoms with E-state index in [1.54, 1.807) is 30.3 Å². The average Bonchev–Trinajstić information content (AvgIpc) is 2.69. The Hall–Kier alpha value is -1.60. The minimum Gasteiger partial charge on any atom is -0.349 e. The van der Waals surface area contributed by atoms with E-state index in [0.29, 0.717) is 40.9 Å². The third-order valence-electron chi connectivity index (χ3n) is 5.73. The molecule has 162 valence electrons. The van der Waals surface area contributed by atoms with Crippen LogP contribution in [0.3, 0.4) is 0 Å². The molecular weight excluding hydrogens is 443 g/mol. The van der Waals surface area contributed by atoms with Crippen LogP contribution in [0.2, 0.25) is 10.0 Å². The Bertz CT molecular complexity index is 1050. The zero-order chi connectivity index (χ0) is 22.1. The van der Waals surface area contributed by atoms with Crippen LogP contribution >= 0.6 is 23.2 Å². The molecule has 0 aliphatic carbocycles. The van der Waals surface area contributed by atoms with Gasteiger partial charge in [0.15, 0.2) is 0 Å². The molecule has 1 aliphatic heterocycles. The van der Waals surface area contributed by atoms with Gasteiger partial charge in [-0.15, -0.1) is 0 Å². The first kappa shape index (κ1) is 23.1. The summed E-state index contributed by atoms with van der Waals surface area (Å²) < 4.78 is 27.4. The highest BCUT2D eigenvalue weighted by atomic mass is 35.5. The SMILES string of the molecule is Cc1ccc(S(=O)(=O)N2CCC(C(=O)NC(C)c3ccc(Cl)cc3Cl)CC2)cc1C. The van der Waals surface area contributed by atoms with Crippen molar-refractivity contribution >= 4 is 39.1 Å². The van der Waals surface area contributed by atoms with E-state index in [1.807, 2.05) is 26.8 Å². The number of halogens is 2. The van der Waals surface area contributed by atoms with E-state index < -0.39 is 10.0 Å². The Balaban J connectivity index is 1.61. The van der Waals surface area contributed by atoms with Crippen LogP contribution in [-0.2, 0) is 14.8 Å². The summed E-state index contributed by atoms with van der Waals surface area (Å²) in [5, 5.41) is 4.04. The van der Waals surface area contributed by atoms with Crippen LogP contribution < -0.4 is 5.32 Å². The molecule has 1 aliphatic rings. The van der Waals surface area contributed by atoms with Gasteiger partial charge in [-0.2, -0.15) is 4.31 Å². The number of benzene rings is 2. The van der Waals surface area contributed by atoms with Gasteiger partial charge in [-0.1, -0.05) is 35.3 Å². The van der Waals surface area contributed by atoms with Gasteiger partial charge in [-0.25, -0.2) is 8.42 Å². The molecule has 2 aromatic rings. The molecule has 2 aromatic carbocycles. The van der Waals surface area contributed by atoms with Crippen molar-refractivity contribution in [1.82, 2.24) is 9.62 Å². The lowest BCUT2D eigenvalue weighted by Crippen LogP contribution is -2.43. The van der Waals surface area contributed by atoms with Crippen molar-refractivity contribution in [2.45, 2.75) is 44.6 Å². The zero-order valence-corrected chi connectivity index (χ0v) is 19.6. The van der Waals surface area contributed by atoms with Crippen LogP contribution in [0.1, 0.15) is 42.5 Å². The molecule has 0 bridgehead atoms. The fourth-order valence-electron chi connectivity index (χ4n) is 3.64. The molecular formula is C22H26Cl2N2O3S. The van der Waals surface area contributed by atoms with Crippen LogP contribution in [0.5, 0.6) is 0 Å². The second-order valence-electron chi connectivity index (χ2n) is 7.82. The minimum absolute atomic E-state index is 0.0863. The van der Waals surface area contributed by atoms with E-state index in [2.05, 4.69) is 5.32 Å². The number of piperidine rings is 1. The first-order chi connectivity index (χ1) is 14.1. The van der Waals surface area contributed by atoms with Gasteiger partial charge >= 0.3 is 0 Å². The number of amides is 1. The monoisotopic (exact) mass is 468 g/mol. The molecule has 1 amide bonds. The van der Waals surface area contributed by atoms with E-state index in [9.17, 15) is 13.2 Å². The van der Waals surface area contributed by atoms with Crippen LogP contribution in [0, 0.1) is 19.8 Å². The molecule has 1 unspecified atom stereocenters. The number of rotatable bonds is 5. The lowest BCUT2D eigenvalue weighted by molar-refractivity contribution is -0.126. The van der Waals surface area contributed by atoms with Crippen LogP contribution in [-0.4, -0.2) is 31.7 Å². The number of carbonyl (C=O) groups is 1. The zero-order valence-electron chi connectivity index (χ0n) is 17.3. The normalized spacial score (nSPS) is 17.0. The maximum atomic E-state index is 13.0. The molecule has 1 N–H and O–H groups in total. The molecule has 0 aromatic heterocycles. The predicted molar refractivity (Wildman–Crippen MR) is 120 cm³/mol. The number of hydrogen-bond acceptors (Lipinski definition) is 3. The first-order valence-corrected chi connectivity index (χ1v) is 12.1. The van der Waals surface area contributed by atoms with Gasteiger partial charge in [0.05, 0.1) is 10.9 Å². The van der Waals surface area contributed by atoms with E-state index in [1.165, 1.54) is 4.31 Å². The molecule has 5 nitrogen and oxygen atoms in total. The van der Waals surface area contributed by atoms with Crippen LogP contribution in [0.4, 0.5) is 0 Å². The Morgan fingerprint density at radius 2 is 1.73 bits per heavy atom. The molecule has 1 saturated heterocycles. The van der Waals surface area contributed by atoms with Gasteiger partial charge in [0, 0.05) is 29.1 Å². The topological polar surface area (TPSA) is 66.5 Å². The van der Waals surface area contributed by atoms with Crippen molar-refractivity contribution in [2.75, 3.05) is 13.1 Å². The van der Waals surface area contributed by atoms with Crippen molar-refractivity contribution in [3.8, 4) is 0 Å². The first-order valence-electron chi connectivity index (χ1n) is 9.92. The quantitative estimate of drug-likeness (QED) is 0.678. The van der Waals surface area contributed by atoms with E-state index in [-0.39, 0.29) is 17.9 Å². The number of sulfonamides is 1. The standard InChI is InChI=1S/C22H26Cl2N2O3S/c1-14-4-6-19(12-15(14)2)30(28,29)26-10-8-17(9-11-26)22(27)25-16(3)20-7-5-18(23)13-21(20)24/h4-7,12-13,16-17H,8-11H2,1-3H3,(H,25,27). The number of carbonyl (C=O) groups excluding carboxylic acids is 1. The summed E-state index contributed by atoms with van der Waals surface area (Å²) in [4.78, 5) is 13.0. The van der Waals surface area contributed by atoms with E-state index in [4.69, 9.17) is 23.2 Å². The number of hydrogen-bond donors (Lipinski definition) is 1.